The molecule has 1 spiro atoms. The number of fused-ring (bicyclic) bond motifs is 4. The van der Waals surface area contributed by atoms with E-state index < -0.39 is 34.8 Å². The van der Waals surface area contributed by atoms with E-state index in [0.29, 0.717) is 25.5 Å². The predicted octanol–water partition coefficient (Wildman–Crippen LogP) is 5.59. The Bertz CT molecular complexity index is 1790. The van der Waals surface area contributed by atoms with Gasteiger partial charge in [-0.1, -0.05) is 6.07 Å². The lowest BCUT2D eigenvalue weighted by molar-refractivity contribution is -0.117. The van der Waals surface area contributed by atoms with Crippen molar-refractivity contribution in [1.29, 1.82) is 0 Å². The van der Waals surface area contributed by atoms with Crippen LogP contribution in [0.5, 0.6) is 6.01 Å². The lowest BCUT2D eigenvalue weighted by Gasteiger charge is -2.48. The predicted molar refractivity (Wildman–Crippen MR) is 167 cm³/mol. The zero-order valence-electron chi connectivity index (χ0n) is 26.0. The zero-order valence-corrected chi connectivity index (χ0v) is 26.0. The number of piperazine rings is 1. The molecule has 3 aromatic rings. The Kier molecular flexibility index (Phi) is 6.79. The summed E-state index contributed by atoms with van der Waals surface area (Å²) in [5.41, 5.74) is -0.679. The third kappa shape index (κ3) is 5.05. The van der Waals surface area contributed by atoms with Crippen molar-refractivity contribution in [1.82, 2.24) is 20.2 Å². The maximum absolute atomic E-state index is 16.8. The summed E-state index contributed by atoms with van der Waals surface area (Å²) in [5.74, 6) is -5.34. The zero-order chi connectivity index (χ0) is 32.1. The van der Waals surface area contributed by atoms with Gasteiger partial charge in [0.15, 0.2) is 17.5 Å². The van der Waals surface area contributed by atoms with Crippen molar-refractivity contribution in [2.24, 2.45) is 5.41 Å². The van der Waals surface area contributed by atoms with E-state index in [1.807, 2.05) is 4.90 Å². The molecular formula is C35H37F4N5O3. The molecule has 9 rings (SSSR count). The fraction of sp³-hybridized carbons (Fsp3) is 0.543. The second-order valence-electron chi connectivity index (χ2n) is 14.7. The van der Waals surface area contributed by atoms with Gasteiger partial charge in [-0.05, 0) is 62.3 Å². The molecule has 1 aromatic heterocycles. The van der Waals surface area contributed by atoms with Gasteiger partial charge in [-0.2, -0.15) is 9.97 Å². The van der Waals surface area contributed by atoms with E-state index in [9.17, 15) is 9.50 Å². The first kappa shape index (κ1) is 29.6. The third-order valence-electron chi connectivity index (χ3n) is 11.2. The van der Waals surface area contributed by atoms with Gasteiger partial charge in [-0.3, -0.25) is 4.90 Å². The molecule has 248 valence electrons. The monoisotopic (exact) mass is 651 g/mol. The number of aliphatic hydroxyl groups is 1. The number of nitrogens with zero attached hydrogens (tertiary/aromatic N) is 4. The molecule has 0 radical (unpaired) electrons. The van der Waals surface area contributed by atoms with E-state index in [2.05, 4.69) is 15.2 Å². The SMILES string of the molecule is OC1=Cc2ccc(F)c(F)c2C(c2c(F)cc3c(N4CC5CCC(C4)N5)nc(OCC4(CN5CC6(CCCO6)C5)CC4)nc3c2F)C1. The van der Waals surface area contributed by atoms with Crippen LogP contribution < -0.4 is 15.0 Å². The molecule has 2 bridgehead atoms. The van der Waals surface area contributed by atoms with Crippen LogP contribution >= 0.6 is 0 Å². The summed E-state index contributed by atoms with van der Waals surface area (Å²) in [6.07, 6.45) is 7.23. The first-order valence-electron chi connectivity index (χ1n) is 16.8. The van der Waals surface area contributed by atoms with Gasteiger partial charge >= 0.3 is 6.01 Å². The average molecular weight is 652 g/mol. The summed E-state index contributed by atoms with van der Waals surface area (Å²) >= 11 is 0. The number of likely N-dealkylation sites (tertiary alicyclic amines) is 1. The van der Waals surface area contributed by atoms with Crippen LogP contribution in [-0.2, 0) is 4.74 Å². The number of nitrogens with one attached hydrogen (secondary N) is 1. The Morgan fingerprint density at radius 3 is 2.49 bits per heavy atom. The van der Waals surface area contributed by atoms with Crippen molar-refractivity contribution in [2.75, 3.05) is 50.8 Å². The smallest absolute Gasteiger partial charge is 0.319 e. The Morgan fingerprint density at radius 2 is 1.77 bits per heavy atom. The minimum atomic E-state index is -1.30. The first-order valence-corrected chi connectivity index (χ1v) is 16.8. The number of allylic oxidation sites excluding steroid dienone is 1. The highest BCUT2D eigenvalue weighted by molar-refractivity contribution is 5.91. The quantitative estimate of drug-likeness (QED) is 0.321. The number of halogens is 4. The van der Waals surface area contributed by atoms with Crippen LogP contribution in [0.15, 0.2) is 24.0 Å². The number of anilines is 1. The molecule has 2 aliphatic carbocycles. The molecule has 12 heteroatoms. The lowest BCUT2D eigenvalue weighted by atomic mass is 9.80. The molecule has 4 saturated heterocycles. The largest absolute Gasteiger partial charge is 0.512 e. The van der Waals surface area contributed by atoms with Crippen molar-refractivity contribution >= 4 is 22.8 Å². The Morgan fingerprint density at radius 1 is 0.979 bits per heavy atom. The standard InChI is InChI=1S/C35H37F4N5O3/c36-25-5-2-19-10-22(45)11-23(27(19)29(25)38)28-26(37)12-24-31(30(28)39)41-33(42-32(24)44-13-20-3-4-21(14-44)40-20)46-18-34(7-8-34)15-43-16-35(17-43)6-1-9-47-35/h2,5,10,12,20-21,23,40,45H,1,3-4,6-9,11,13-18H2. The van der Waals surface area contributed by atoms with Crippen molar-refractivity contribution < 1.29 is 32.1 Å². The van der Waals surface area contributed by atoms with E-state index in [4.69, 9.17) is 14.5 Å². The van der Waals surface area contributed by atoms with Crippen LogP contribution in [0.1, 0.15) is 67.6 Å². The molecule has 6 aliphatic rings. The van der Waals surface area contributed by atoms with Crippen molar-refractivity contribution in [2.45, 2.75) is 68.5 Å². The number of aromatic nitrogens is 2. The number of hydrogen-bond donors (Lipinski definition) is 2. The average Bonchev–Trinajstić information content (AvgIpc) is 3.46. The molecule has 1 saturated carbocycles. The topological polar surface area (TPSA) is 83.0 Å². The van der Waals surface area contributed by atoms with Gasteiger partial charge in [0.25, 0.3) is 0 Å². The van der Waals surface area contributed by atoms with Crippen molar-refractivity contribution in [3.63, 3.8) is 0 Å². The fourth-order valence-electron chi connectivity index (χ4n) is 8.73. The Labute approximate surface area is 269 Å². The van der Waals surface area contributed by atoms with Crippen LogP contribution in [0.25, 0.3) is 17.0 Å². The third-order valence-corrected chi connectivity index (χ3v) is 11.2. The molecule has 4 aliphatic heterocycles. The highest BCUT2D eigenvalue weighted by Crippen LogP contribution is 2.49. The Hall–Kier alpha value is -3.48. The summed E-state index contributed by atoms with van der Waals surface area (Å²) in [4.78, 5) is 13.7. The van der Waals surface area contributed by atoms with Crippen LogP contribution in [0.2, 0.25) is 0 Å². The van der Waals surface area contributed by atoms with Crippen molar-refractivity contribution in [3.8, 4) is 6.01 Å². The normalized spacial score (nSPS) is 27.2. The molecule has 3 atom stereocenters. The summed E-state index contributed by atoms with van der Waals surface area (Å²) in [5, 5.41) is 14.3. The maximum atomic E-state index is 16.8. The highest BCUT2D eigenvalue weighted by Gasteiger charge is 2.52. The minimum absolute atomic E-state index is 0.00401. The van der Waals surface area contributed by atoms with Gasteiger partial charge in [0.1, 0.15) is 17.2 Å². The van der Waals surface area contributed by atoms with Gasteiger partial charge in [-0.25, -0.2) is 17.6 Å². The van der Waals surface area contributed by atoms with E-state index in [1.165, 1.54) is 18.2 Å². The Balaban J connectivity index is 1.08. The number of hydrogen-bond acceptors (Lipinski definition) is 8. The summed E-state index contributed by atoms with van der Waals surface area (Å²) in [7, 11) is 0. The summed E-state index contributed by atoms with van der Waals surface area (Å²) < 4.78 is 74.7. The highest BCUT2D eigenvalue weighted by atomic mass is 19.2. The van der Waals surface area contributed by atoms with E-state index in [-0.39, 0.29) is 63.3 Å². The molecular weight excluding hydrogens is 614 g/mol. The summed E-state index contributed by atoms with van der Waals surface area (Å²) in [6, 6.07) is 3.91. The number of benzene rings is 2. The first-order chi connectivity index (χ1) is 22.7. The second kappa shape index (κ2) is 10.8. The number of ether oxygens (including phenoxy) is 2. The van der Waals surface area contributed by atoms with Crippen LogP contribution in [0.4, 0.5) is 23.4 Å². The van der Waals surface area contributed by atoms with Crippen molar-refractivity contribution in [3.05, 3.63) is 63.9 Å². The van der Waals surface area contributed by atoms with Crippen LogP contribution in [0, 0.1) is 28.7 Å². The van der Waals surface area contributed by atoms with Gasteiger partial charge in [0.05, 0.1) is 18.0 Å². The molecule has 2 N–H and O–H groups in total. The number of rotatable bonds is 7. The molecule has 5 heterocycles. The van der Waals surface area contributed by atoms with Gasteiger partial charge in [-0.15, -0.1) is 0 Å². The summed E-state index contributed by atoms with van der Waals surface area (Å²) in [6.45, 7) is 5.17. The molecule has 8 nitrogen and oxygen atoms in total. The lowest BCUT2D eigenvalue weighted by Crippen LogP contribution is -2.62. The number of aliphatic hydroxyl groups excluding tert-OH is 1. The maximum Gasteiger partial charge on any atom is 0.319 e. The van der Waals surface area contributed by atoms with Gasteiger partial charge < -0.3 is 24.8 Å². The molecule has 3 unspecified atom stereocenters. The second-order valence-corrected chi connectivity index (χ2v) is 14.7. The van der Waals surface area contributed by atoms with Gasteiger partial charge in [0, 0.05) is 85.7 Å². The van der Waals surface area contributed by atoms with Crippen LogP contribution in [0.3, 0.4) is 0 Å². The molecule has 2 aromatic carbocycles. The molecule has 5 fully saturated rings. The van der Waals surface area contributed by atoms with E-state index in [1.54, 1.807) is 0 Å². The molecule has 0 amide bonds. The van der Waals surface area contributed by atoms with Gasteiger partial charge in [0.2, 0.25) is 0 Å². The molecule has 47 heavy (non-hydrogen) atoms. The fourth-order valence-corrected chi connectivity index (χ4v) is 8.73. The van der Waals surface area contributed by atoms with Crippen LogP contribution in [-0.4, -0.2) is 83.6 Å². The minimum Gasteiger partial charge on any atom is -0.512 e. The van der Waals surface area contributed by atoms with E-state index >= 15 is 13.2 Å². The van der Waals surface area contributed by atoms with E-state index in [0.717, 1.165) is 70.8 Å².